The lowest BCUT2D eigenvalue weighted by molar-refractivity contribution is 0.359. The maximum atomic E-state index is 3.51. The Balaban J connectivity index is 1.88. The van der Waals surface area contributed by atoms with E-state index in [1.54, 1.807) is 0 Å². The van der Waals surface area contributed by atoms with Gasteiger partial charge in [-0.15, -0.1) is 0 Å². The van der Waals surface area contributed by atoms with E-state index in [9.17, 15) is 0 Å². The molecule has 0 bridgehead atoms. The van der Waals surface area contributed by atoms with Crippen molar-refractivity contribution in [2.24, 2.45) is 5.92 Å². The maximum absolute atomic E-state index is 3.51. The van der Waals surface area contributed by atoms with Crippen LogP contribution >= 0.6 is 0 Å². The van der Waals surface area contributed by atoms with Crippen molar-refractivity contribution in [3.8, 4) is 0 Å². The smallest absolute Gasteiger partial charge is 0.0368 e. The monoisotopic (exact) mass is 246 g/mol. The topological polar surface area (TPSA) is 15.3 Å². The Hall–Kier alpha value is -1.02. The second-order valence-corrected chi connectivity index (χ2v) is 5.42. The summed E-state index contributed by atoms with van der Waals surface area (Å²) in [5.74, 6) is 0.873. The molecular formula is C16H26N2. The second-order valence-electron chi connectivity index (χ2n) is 5.42. The molecule has 2 heteroatoms. The minimum atomic E-state index is 0.873. The first-order chi connectivity index (χ1) is 8.79. The number of nitrogens with zero attached hydrogens (tertiary/aromatic N) is 1. The summed E-state index contributed by atoms with van der Waals surface area (Å²) < 4.78 is 0. The van der Waals surface area contributed by atoms with Crippen LogP contribution in [0.5, 0.6) is 0 Å². The van der Waals surface area contributed by atoms with Gasteiger partial charge in [-0.25, -0.2) is 0 Å². The Morgan fingerprint density at radius 3 is 2.94 bits per heavy atom. The average molecular weight is 246 g/mol. The lowest BCUT2D eigenvalue weighted by atomic mass is 9.96. The Bertz CT molecular complexity index is 356. The molecule has 0 aromatic heterocycles. The van der Waals surface area contributed by atoms with Crippen molar-refractivity contribution in [1.82, 2.24) is 5.32 Å². The molecule has 2 nitrogen and oxygen atoms in total. The van der Waals surface area contributed by atoms with Crippen LogP contribution in [0.2, 0.25) is 0 Å². The molecule has 1 aromatic carbocycles. The van der Waals surface area contributed by atoms with Crippen LogP contribution in [0, 0.1) is 12.8 Å². The zero-order valence-electron chi connectivity index (χ0n) is 11.8. The molecule has 1 fully saturated rings. The third kappa shape index (κ3) is 3.74. The highest BCUT2D eigenvalue weighted by atomic mass is 15.1. The second kappa shape index (κ2) is 6.79. The van der Waals surface area contributed by atoms with Crippen LogP contribution in [0.3, 0.4) is 0 Å². The first kappa shape index (κ1) is 13.4. The SMILES string of the molecule is CCN(CCC1CCCNC1)c1cccc(C)c1. The Kier molecular flexibility index (Phi) is 5.06. The molecule has 1 aliphatic heterocycles. The summed E-state index contributed by atoms with van der Waals surface area (Å²) in [5.41, 5.74) is 2.73. The molecule has 0 amide bonds. The Labute approximate surface area is 111 Å². The molecule has 1 aliphatic rings. The normalized spacial score (nSPS) is 19.8. The summed E-state index contributed by atoms with van der Waals surface area (Å²) in [7, 11) is 0. The fraction of sp³-hybridized carbons (Fsp3) is 0.625. The Morgan fingerprint density at radius 1 is 1.39 bits per heavy atom. The largest absolute Gasteiger partial charge is 0.372 e. The van der Waals surface area contributed by atoms with Crippen LogP contribution < -0.4 is 10.2 Å². The number of hydrogen-bond donors (Lipinski definition) is 1. The summed E-state index contributed by atoms with van der Waals surface area (Å²) in [5, 5.41) is 3.51. The summed E-state index contributed by atoms with van der Waals surface area (Å²) in [6, 6.07) is 8.86. The summed E-state index contributed by atoms with van der Waals surface area (Å²) in [6.45, 7) is 9.14. The lowest BCUT2D eigenvalue weighted by Gasteiger charge is -2.28. The van der Waals surface area contributed by atoms with Crippen molar-refractivity contribution in [3.05, 3.63) is 29.8 Å². The van der Waals surface area contributed by atoms with E-state index in [0.717, 1.165) is 12.5 Å². The molecule has 1 saturated heterocycles. The number of piperidine rings is 1. The van der Waals surface area contributed by atoms with E-state index < -0.39 is 0 Å². The zero-order chi connectivity index (χ0) is 12.8. The molecule has 1 N–H and O–H groups in total. The fourth-order valence-electron chi connectivity index (χ4n) is 2.80. The van der Waals surface area contributed by atoms with Crippen molar-refractivity contribution in [2.75, 3.05) is 31.1 Å². The molecule has 18 heavy (non-hydrogen) atoms. The van der Waals surface area contributed by atoms with Gasteiger partial charge >= 0.3 is 0 Å². The van der Waals surface area contributed by atoms with Gasteiger partial charge in [0.2, 0.25) is 0 Å². The first-order valence-corrected chi connectivity index (χ1v) is 7.32. The van der Waals surface area contributed by atoms with Gasteiger partial charge in [-0.2, -0.15) is 0 Å². The van der Waals surface area contributed by atoms with Crippen molar-refractivity contribution >= 4 is 5.69 Å². The number of hydrogen-bond acceptors (Lipinski definition) is 2. The minimum absolute atomic E-state index is 0.873. The van der Waals surface area contributed by atoms with E-state index in [0.29, 0.717) is 0 Å². The molecule has 0 aliphatic carbocycles. The number of nitrogens with one attached hydrogen (secondary N) is 1. The third-order valence-electron chi connectivity index (χ3n) is 3.95. The lowest BCUT2D eigenvalue weighted by Crippen LogP contribution is -2.33. The number of benzene rings is 1. The molecule has 1 unspecified atom stereocenters. The molecule has 100 valence electrons. The maximum Gasteiger partial charge on any atom is 0.0368 e. The highest BCUT2D eigenvalue weighted by Crippen LogP contribution is 2.19. The van der Waals surface area contributed by atoms with Crippen LogP contribution in [0.15, 0.2) is 24.3 Å². The van der Waals surface area contributed by atoms with Crippen LogP contribution in [-0.4, -0.2) is 26.2 Å². The van der Waals surface area contributed by atoms with E-state index in [2.05, 4.69) is 48.3 Å². The van der Waals surface area contributed by atoms with Crippen LogP contribution in [0.1, 0.15) is 31.7 Å². The van der Waals surface area contributed by atoms with Crippen LogP contribution in [0.25, 0.3) is 0 Å². The zero-order valence-corrected chi connectivity index (χ0v) is 11.8. The predicted molar refractivity (Wildman–Crippen MR) is 79.3 cm³/mol. The molecule has 1 aromatic rings. The van der Waals surface area contributed by atoms with E-state index >= 15 is 0 Å². The fourth-order valence-corrected chi connectivity index (χ4v) is 2.80. The average Bonchev–Trinajstić information content (AvgIpc) is 2.41. The van der Waals surface area contributed by atoms with E-state index in [1.165, 1.54) is 50.1 Å². The van der Waals surface area contributed by atoms with Gasteiger partial charge in [0.1, 0.15) is 0 Å². The quantitative estimate of drug-likeness (QED) is 0.858. The van der Waals surface area contributed by atoms with Crippen molar-refractivity contribution in [3.63, 3.8) is 0 Å². The van der Waals surface area contributed by atoms with E-state index in [1.807, 2.05) is 0 Å². The highest BCUT2D eigenvalue weighted by molar-refractivity contribution is 5.48. The number of aryl methyl sites for hydroxylation is 1. The van der Waals surface area contributed by atoms with Gasteiger partial charge in [-0.05, 0) is 69.8 Å². The van der Waals surface area contributed by atoms with Crippen molar-refractivity contribution in [1.29, 1.82) is 0 Å². The molecule has 0 radical (unpaired) electrons. The standard InChI is InChI=1S/C16H26N2/c1-3-18(16-8-4-6-14(2)12-16)11-9-15-7-5-10-17-13-15/h4,6,8,12,15,17H,3,5,7,9-11,13H2,1-2H3. The highest BCUT2D eigenvalue weighted by Gasteiger charge is 2.14. The van der Waals surface area contributed by atoms with Gasteiger partial charge in [-0.3, -0.25) is 0 Å². The van der Waals surface area contributed by atoms with Gasteiger partial charge in [-0.1, -0.05) is 12.1 Å². The Morgan fingerprint density at radius 2 is 2.28 bits per heavy atom. The third-order valence-corrected chi connectivity index (χ3v) is 3.95. The molecule has 0 saturated carbocycles. The first-order valence-electron chi connectivity index (χ1n) is 7.32. The molecular weight excluding hydrogens is 220 g/mol. The van der Waals surface area contributed by atoms with E-state index in [4.69, 9.17) is 0 Å². The minimum Gasteiger partial charge on any atom is -0.372 e. The number of rotatable bonds is 5. The van der Waals surface area contributed by atoms with E-state index in [-0.39, 0.29) is 0 Å². The molecule has 1 heterocycles. The van der Waals surface area contributed by atoms with Crippen molar-refractivity contribution < 1.29 is 0 Å². The molecule has 2 rings (SSSR count). The molecule has 1 atom stereocenters. The predicted octanol–water partition coefficient (Wildman–Crippen LogP) is 3.21. The summed E-state index contributed by atoms with van der Waals surface area (Å²) >= 11 is 0. The molecule has 0 spiro atoms. The summed E-state index contributed by atoms with van der Waals surface area (Å²) in [4.78, 5) is 2.50. The van der Waals surface area contributed by atoms with Gasteiger partial charge in [0.05, 0.1) is 0 Å². The van der Waals surface area contributed by atoms with Gasteiger partial charge in [0.15, 0.2) is 0 Å². The number of anilines is 1. The summed E-state index contributed by atoms with van der Waals surface area (Å²) in [6.07, 6.45) is 4.06. The van der Waals surface area contributed by atoms with Crippen LogP contribution in [0.4, 0.5) is 5.69 Å². The van der Waals surface area contributed by atoms with Crippen LogP contribution in [-0.2, 0) is 0 Å². The van der Waals surface area contributed by atoms with Gasteiger partial charge in [0.25, 0.3) is 0 Å². The van der Waals surface area contributed by atoms with Crippen molar-refractivity contribution in [2.45, 2.75) is 33.1 Å². The van der Waals surface area contributed by atoms with Gasteiger partial charge in [0, 0.05) is 18.8 Å². The van der Waals surface area contributed by atoms with Gasteiger partial charge < -0.3 is 10.2 Å².